The molecule has 0 aromatic carbocycles. The Balaban J connectivity index is 2.60. The molecule has 3 unspecified atom stereocenters. The van der Waals surface area contributed by atoms with E-state index in [2.05, 4.69) is 0 Å². The maximum Gasteiger partial charge on any atom is 0.402 e. The quantitative estimate of drug-likeness (QED) is 0.743. The van der Waals surface area contributed by atoms with Gasteiger partial charge in [-0.25, -0.2) is 0 Å². The fraction of sp³-hybridized carbons (Fsp3) is 0.857. The largest absolute Gasteiger partial charge is 0.481 e. The van der Waals surface area contributed by atoms with Gasteiger partial charge in [0, 0.05) is 6.04 Å². The molecule has 1 heterocycles. The van der Waals surface area contributed by atoms with Gasteiger partial charge in [0.2, 0.25) is 0 Å². The van der Waals surface area contributed by atoms with Crippen molar-refractivity contribution in [1.29, 1.82) is 0 Å². The Labute approximate surface area is 82.8 Å². The Bertz CT molecular complexity index is 233. The molecule has 7 heteroatoms. The molecule has 0 aromatic rings. The monoisotopic (exact) mass is 229 g/mol. The number of carbonyl (C=O) groups is 1. The van der Waals surface area contributed by atoms with Crippen LogP contribution in [0.3, 0.4) is 0 Å². The fourth-order valence-electron chi connectivity index (χ4n) is 1.43. The second-order valence-corrected chi connectivity index (χ2v) is 4.41. The average molecular weight is 229 g/mol. The molecule has 3 nitrogen and oxygen atoms in total. The predicted octanol–water partition coefficient (Wildman–Crippen LogP) is 1.08. The van der Waals surface area contributed by atoms with Crippen molar-refractivity contribution in [2.45, 2.75) is 23.9 Å². The summed E-state index contributed by atoms with van der Waals surface area (Å²) in [5.41, 5.74) is 5.35. The summed E-state index contributed by atoms with van der Waals surface area (Å²) in [7, 11) is 0. The van der Waals surface area contributed by atoms with Crippen LogP contribution in [0.15, 0.2) is 0 Å². The van der Waals surface area contributed by atoms with Crippen molar-refractivity contribution in [3.8, 4) is 0 Å². The van der Waals surface area contributed by atoms with E-state index in [1.54, 1.807) is 0 Å². The highest BCUT2D eigenvalue weighted by Crippen LogP contribution is 2.41. The van der Waals surface area contributed by atoms with Crippen molar-refractivity contribution < 1.29 is 23.1 Å². The Morgan fingerprint density at radius 2 is 2.14 bits per heavy atom. The number of aliphatic carboxylic acids is 1. The predicted molar refractivity (Wildman–Crippen MR) is 46.0 cm³/mol. The Morgan fingerprint density at radius 1 is 1.57 bits per heavy atom. The zero-order valence-corrected chi connectivity index (χ0v) is 7.94. The number of carboxylic acid groups (broad SMARTS) is 1. The molecule has 1 fully saturated rings. The van der Waals surface area contributed by atoms with Crippen LogP contribution in [0.4, 0.5) is 13.2 Å². The van der Waals surface area contributed by atoms with Gasteiger partial charge in [0.05, 0.1) is 6.42 Å². The van der Waals surface area contributed by atoms with E-state index in [9.17, 15) is 18.0 Å². The summed E-state index contributed by atoms with van der Waals surface area (Å²) < 4.78 is 36.8. The first-order chi connectivity index (χ1) is 6.32. The van der Waals surface area contributed by atoms with Crippen LogP contribution in [0.2, 0.25) is 0 Å². The van der Waals surface area contributed by atoms with Gasteiger partial charge in [-0.05, 0) is 11.7 Å². The van der Waals surface area contributed by atoms with Crippen molar-refractivity contribution in [2.24, 2.45) is 11.7 Å². The van der Waals surface area contributed by atoms with Crippen molar-refractivity contribution >= 4 is 17.7 Å². The topological polar surface area (TPSA) is 63.3 Å². The second kappa shape index (κ2) is 3.98. The summed E-state index contributed by atoms with van der Waals surface area (Å²) >= 11 is 0.694. The summed E-state index contributed by atoms with van der Waals surface area (Å²) in [4.78, 5) is 10.3. The SMILES string of the molecule is NC1C(CC(=O)O)CSC1C(F)(F)F. The highest BCUT2D eigenvalue weighted by Gasteiger charge is 2.50. The van der Waals surface area contributed by atoms with Crippen LogP contribution in [0.25, 0.3) is 0 Å². The van der Waals surface area contributed by atoms with Crippen molar-refractivity contribution in [3.63, 3.8) is 0 Å². The summed E-state index contributed by atoms with van der Waals surface area (Å²) in [6, 6.07) is -1.10. The molecule has 0 radical (unpaired) electrons. The number of alkyl halides is 3. The molecule has 0 saturated carbocycles. The standard InChI is InChI=1S/C7H10F3NO2S/c8-7(9,10)6-5(11)3(2-14-6)1-4(12)13/h3,5-6H,1-2,11H2,(H,12,13). The van der Waals surface area contributed by atoms with Gasteiger partial charge in [-0.1, -0.05) is 0 Å². The number of hydrogen-bond acceptors (Lipinski definition) is 3. The maximum atomic E-state index is 12.3. The normalized spacial score (nSPS) is 33.3. The smallest absolute Gasteiger partial charge is 0.402 e. The first-order valence-corrected chi connectivity index (χ1v) is 5.03. The van der Waals surface area contributed by atoms with E-state index < -0.39 is 29.4 Å². The highest BCUT2D eigenvalue weighted by molar-refractivity contribution is 8.00. The minimum atomic E-state index is -4.34. The molecule has 1 aliphatic rings. The lowest BCUT2D eigenvalue weighted by Crippen LogP contribution is -2.43. The third-order valence-electron chi connectivity index (χ3n) is 2.14. The van der Waals surface area contributed by atoms with Crippen molar-refractivity contribution in [2.75, 3.05) is 5.75 Å². The van der Waals surface area contributed by atoms with Crippen LogP contribution < -0.4 is 5.73 Å². The fourth-order valence-corrected chi connectivity index (χ4v) is 2.86. The van der Waals surface area contributed by atoms with Gasteiger partial charge in [0.25, 0.3) is 0 Å². The molecule has 82 valence electrons. The number of hydrogen-bond donors (Lipinski definition) is 2. The minimum Gasteiger partial charge on any atom is -0.481 e. The second-order valence-electron chi connectivity index (χ2n) is 3.23. The molecule has 1 saturated heterocycles. The van der Waals surface area contributed by atoms with Gasteiger partial charge in [-0.15, -0.1) is 11.8 Å². The molecule has 3 atom stereocenters. The maximum absolute atomic E-state index is 12.3. The van der Waals surface area contributed by atoms with E-state index in [0.717, 1.165) is 0 Å². The van der Waals surface area contributed by atoms with Gasteiger partial charge in [0.15, 0.2) is 0 Å². The van der Waals surface area contributed by atoms with Crippen LogP contribution >= 0.6 is 11.8 Å². The van der Waals surface area contributed by atoms with Gasteiger partial charge in [0.1, 0.15) is 5.25 Å². The molecular weight excluding hydrogens is 219 g/mol. The van der Waals surface area contributed by atoms with E-state index >= 15 is 0 Å². The third kappa shape index (κ3) is 2.54. The molecule has 1 rings (SSSR count). The molecule has 0 amide bonds. The Hall–Kier alpha value is -0.430. The van der Waals surface area contributed by atoms with Gasteiger partial charge >= 0.3 is 12.1 Å². The number of nitrogens with two attached hydrogens (primary N) is 1. The molecule has 14 heavy (non-hydrogen) atoms. The number of halogens is 3. The highest BCUT2D eigenvalue weighted by atomic mass is 32.2. The van der Waals surface area contributed by atoms with Crippen molar-refractivity contribution in [1.82, 2.24) is 0 Å². The van der Waals surface area contributed by atoms with Crippen LogP contribution in [-0.2, 0) is 4.79 Å². The molecule has 0 aromatic heterocycles. The van der Waals surface area contributed by atoms with Crippen LogP contribution in [-0.4, -0.2) is 34.3 Å². The molecule has 0 aliphatic carbocycles. The third-order valence-corrected chi connectivity index (χ3v) is 3.70. The molecule has 0 bridgehead atoms. The number of carboxylic acids is 1. The van der Waals surface area contributed by atoms with Gasteiger partial charge in [-0.2, -0.15) is 13.2 Å². The Morgan fingerprint density at radius 3 is 2.50 bits per heavy atom. The van der Waals surface area contributed by atoms with E-state index in [4.69, 9.17) is 10.8 Å². The zero-order valence-electron chi connectivity index (χ0n) is 7.12. The lowest BCUT2D eigenvalue weighted by atomic mass is 9.96. The molecule has 0 spiro atoms. The van der Waals surface area contributed by atoms with E-state index in [1.807, 2.05) is 0 Å². The molecular formula is C7H10F3NO2S. The Kier molecular flexibility index (Phi) is 3.31. The van der Waals surface area contributed by atoms with Crippen LogP contribution in [0, 0.1) is 5.92 Å². The molecule has 1 aliphatic heterocycles. The minimum absolute atomic E-state index is 0.164. The molecule has 3 N–H and O–H groups in total. The first kappa shape index (κ1) is 11.6. The van der Waals surface area contributed by atoms with E-state index in [-0.39, 0.29) is 12.2 Å². The van der Waals surface area contributed by atoms with Crippen LogP contribution in [0.5, 0.6) is 0 Å². The zero-order chi connectivity index (χ0) is 10.9. The lowest BCUT2D eigenvalue weighted by molar-refractivity contribution is -0.141. The average Bonchev–Trinajstić information content (AvgIpc) is 2.30. The summed E-state index contributed by atoms with van der Waals surface area (Å²) in [5, 5.41) is 6.82. The van der Waals surface area contributed by atoms with Gasteiger partial charge < -0.3 is 10.8 Å². The lowest BCUT2D eigenvalue weighted by Gasteiger charge is -2.20. The van der Waals surface area contributed by atoms with E-state index in [1.165, 1.54) is 0 Å². The number of thioether (sulfide) groups is 1. The number of rotatable bonds is 2. The van der Waals surface area contributed by atoms with E-state index in [0.29, 0.717) is 11.8 Å². The van der Waals surface area contributed by atoms with Gasteiger partial charge in [-0.3, -0.25) is 4.79 Å². The summed E-state index contributed by atoms with van der Waals surface area (Å²) in [6.07, 6.45) is -4.63. The first-order valence-electron chi connectivity index (χ1n) is 3.98. The van der Waals surface area contributed by atoms with Crippen LogP contribution in [0.1, 0.15) is 6.42 Å². The summed E-state index contributed by atoms with van der Waals surface area (Å²) in [6.45, 7) is 0. The van der Waals surface area contributed by atoms with Crippen molar-refractivity contribution in [3.05, 3.63) is 0 Å². The summed E-state index contributed by atoms with van der Waals surface area (Å²) in [5.74, 6) is -1.52.